The summed E-state index contributed by atoms with van der Waals surface area (Å²) in [6.45, 7) is 4.14. The van der Waals surface area contributed by atoms with Gasteiger partial charge in [0.15, 0.2) is 0 Å². The lowest BCUT2D eigenvalue weighted by Crippen LogP contribution is -1.95. The van der Waals surface area contributed by atoms with Crippen LogP contribution in [0, 0.1) is 0 Å². The summed E-state index contributed by atoms with van der Waals surface area (Å²) in [6.07, 6.45) is 0. The zero-order valence-corrected chi connectivity index (χ0v) is 12.7. The molecule has 0 radical (unpaired) electrons. The Morgan fingerprint density at radius 1 is 1.29 bits per heavy atom. The van der Waals surface area contributed by atoms with Crippen molar-refractivity contribution < 1.29 is 4.52 Å². The van der Waals surface area contributed by atoms with Crippen LogP contribution in [0.1, 0.15) is 25.3 Å². The molecule has 17 heavy (non-hydrogen) atoms. The molecule has 2 rings (SSSR count). The Kier molecular flexibility index (Phi) is 3.58. The van der Waals surface area contributed by atoms with E-state index < -0.39 is 0 Å². The minimum Gasteiger partial charge on any atom is -0.367 e. The minimum absolute atomic E-state index is 0.270. The highest BCUT2D eigenvalue weighted by molar-refractivity contribution is 9.11. The van der Waals surface area contributed by atoms with Crippen molar-refractivity contribution in [2.75, 3.05) is 5.73 Å². The molecular formula is C12H12Br2N2O. The number of hydrogen-bond acceptors (Lipinski definition) is 3. The van der Waals surface area contributed by atoms with Crippen molar-refractivity contribution in [3.63, 3.8) is 0 Å². The monoisotopic (exact) mass is 358 g/mol. The van der Waals surface area contributed by atoms with Crippen molar-refractivity contribution >= 4 is 37.7 Å². The fourth-order valence-electron chi connectivity index (χ4n) is 1.74. The molecule has 0 amide bonds. The second-order valence-electron chi connectivity index (χ2n) is 4.09. The molecule has 0 aliphatic heterocycles. The van der Waals surface area contributed by atoms with E-state index in [1.807, 2.05) is 18.2 Å². The van der Waals surface area contributed by atoms with E-state index >= 15 is 0 Å². The number of benzene rings is 1. The molecule has 5 heteroatoms. The van der Waals surface area contributed by atoms with E-state index in [1.165, 1.54) is 0 Å². The number of aromatic nitrogens is 1. The van der Waals surface area contributed by atoms with E-state index in [1.54, 1.807) is 0 Å². The number of halogens is 2. The van der Waals surface area contributed by atoms with E-state index in [9.17, 15) is 0 Å². The van der Waals surface area contributed by atoms with E-state index in [2.05, 4.69) is 50.9 Å². The van der Waals surface area contributed by atoms with Crippen LogP contribution in [0.25, 0.3) is 11.3 Å². The highest BCUT2D eigenvalue weighted by atomic mass is 79.9. The molecule has 0 atom stereocenters. The standard InChI is InChI=1S/C12H12Br2N2O/c1-6(2)10-11(16-17-12(10)15)8-4-3-7(13)5-9(8)14/h3-6H,15H2,1-2H3. The molecule has 1 heterocycles. The Labute approximate surface area is 117 Å². The van der Waals surface area contributed by atoms with Crippen molar-refractivity contribution in [2.24, 2.45) is 0 Å². The first-order valence-corrected chi connectivity index (χ1v) is 6.79. The topological polar surface area (TPSA) is 52.0 Å². The maximum absolute atomic E-state index is 5.81. The predicted octanol–water partition coefficient (Wildman–Crippen LogP) is 4.57. The summed E-state index contributed by atoms with van der Waals surface area (Å²) in [5.41, 5.74) is 8.54. The van der Waals surface area contributed by atoms with Gasteiger partial charge in [-0.15, -0.1) is 0 Å². The molecule has 0 aliphatic rings. The summed E-state index contributed by atoms with van der Waals surface area (Å²) in [5, 5.41) is 4.05. The number of nitrogens with two attached hydrogens (primary N) is 1. The van der Waals surface area contributed by atoms with Crippen LogP contribution in [0.4, 0.5) is 5.88 Å². The summed E-state index contributed by atoms with van der Waals surface area (Å²) in [7, 11) is 0. The lowest BCUT2D eigenvalue weighted by atomic mass is 9.99. The Morgan fingerprint density at radius 2 is 2.00 bits per heavy atom. The highest BCUT2D eigenvalue weighted by Crippen LogP contribution is 2.37. The van der Waals surface area contributed by atoms with E-state index in [-0.39, 0.29) is 5.92 Å². The van der Waals surface area contributed by atoms with Gasteiger partial charge in [0.05, 0.1) is 0 Å². The third-order valence-corrected chi connectivity index (χ3v) is 3.67. The van der Waals surface area contributed by atoms with Gasteiger partial charge in [0.25, 0.3) is 0 Å². The summed E-state index contributed by atoms with van der Waals surface area (Å²) < 4.78 is 7.06. The molecule has 1 aromatic carbocycles. The van der Waals surface area contributed by atoms with Crippen LogP contribution in [0.3, 0.4) is 0 Å². The zero-order chi connectivity index (χ0) is 12.6. The minimum atomic E-state index is 0.270. The fraction of sp³-hybridized carbons (Fsp3) is 0.250. The van der Waals surface area contributed by atoms with Crippen LogP contribution in [0.5, 0.6) is 0 Å². The van der Waals surface area contributed by atoms with Gasteiger partial charge in [0.1, 0.15) is 5.69 Å². The Balaban J connectivity index is 2.61. The summed E-state index contributed by atoms with van der Waals surface area (Å²) in [4.78, 5) is 0. The van der Waals surface area contributed by atoms with Crippen molar-refractivity contribution in [3.8, 4) is 11.3 Å². The van der Waals surface area contributed by atoms with Crippen molar-refractivity contribution in [1.82, 2.24) is 5.16 Å². The molecule has 2 aromatic rings. The highest BCUT2D eigenvalue weighted by Gasteiger charge is 2.19. The Morgan fingerprint density at radius 3 is 2.59 bits per heavy atom. The molecule has 0 saturated carbocycles. The molecule has 2 N–H and O–H groups in total. The van der Waals surface area contributed by atoms with Crippen LogP contribution in [0.15, 0.2) is 31.7 Å². The quantitative estimate of drug-likeness (QED) is 0.854. The Bertz CT molecular complexity index is 549. The molecule has 0 fully saturated rings. The summed E-state index contributed by atoms with van der Waals surface area (Å²) >= 11 is 6.95. The average Bonchev–Trinajstić information content (AvgIpc) is 2.60. The third kappa shape index (κ3) is 2.40. The maximum Gasteiger partial charge on any atom is 0.226 e. The number of nitrogen functional groups attached to an aromatic ring is 1. The first-order chi connectivity index (χ1) is 8.00. The molecule has 0 spiro atoms. The normalized spacial score (nSPS) is 11.1. The van der Waals surface area contributed by atoms with E-state index in [0.717, 1.165) is 25.8 Å². The van der Waals surface area contributed by atoms with Crippen molar-refractivity contribution in [2.45, 2.75) is 19.8 Å². The Hall–Kier alpha value is -0.810. The summed E-state index contributed by atoms with van der Waals surface area (Å²) in [6, 6.07) is 5.93. The first-order valence-electron chi connectivity index (χ1n) is 5.21. The largest absolute Gasteiger partial charge is 0.367 e. The zero-order valence-electron chi connectivity index (χ0n) is 9.50. The SMILES string of the molecule is CC(C)c1c(-c2ccc(Br)cc2Br)noc1N. The maximum atomic E-state index is 5.81. The number of rotatable bonds is 2. The molecular weight excluding hydrogens is 348 g/mol. The molecule has 0 saturated heterocycles. The second kappa shape index (κ2) is 4.82. The molecule has 0 bridgehead atoms. The lowest BCUT2D eigenvalue weighted by Gasteiger charge is -2.07. The van der Waals surface area contributed by atoms with E-state index in [0.29, 0.717) is 5.88 Å². The number of hydrogen-bond donors (Lipinski definition) is 1. The van der Waals surface area contributed by atoms with Crippen LogP contribution >= 0.6 is 31.9 Å². The molecule has 3 nitrogen and oxygen atoms in total. The second-order valence-corrected chi connectivity index (χ2v) is 5.86. The van der Waals surface area contributed by atoms with Gasteiger partial charge in [-0.1, -0.05) is 56.9 Å². The van der Waals surface area contributed by atoms with Crippen LogP contribution in [0.2, 0.25) is 0 Å². The third-order valence-electron chi connectivity index (χ3n) is 2.52. The van der Waals surface area contributed by atoms with Gasteiger partial charge in [-0.25, -0.2) is 0 Å². The fourth-order valence-corrected chi connectivity index (χ4v) is 2.98. The van der Waals surface area contributed by atoms with Gasteiger partial charge in [-0.2, -0.15) is 0 Å². The van der Waals surface area contributed by atoms with Gasteiger partial charge < -0.3 is 10.3 Å². The molecule has 1 aromatic heterocycles. The molecule has 0 aliphatic carbocycles. The summed E-state index contributed by atoms with van der Waals surface area (Å²) in [5.74, 6) is 0.664. The van der Waals surface area contributed by atoms with Crippen LogP contribution < -0.4 is 5.73 Å². The van der Waals surface area contributed by atoms with Gasteiger partial charge >= 0.3 is 0 Å². The molecule has 0 unspecified atom stereocenters. The van der Waals surface area contributed by atoms with Crippen LogP contribution in [-0.2, 0) is 0 Å². The average molecular weight is 360 g/mol. The van der Waals surface area contributed by atoms with Crippen LogP contribution in [-0.4, -0.2) is 5.16 Å². The van der Waals surface area contributed by atoms with Gasteiger partial charge in [0.2, 0.25) is 5.88 Å². The lowest BCUT2D eigenvalue weighted by molar-refractivity contribution is 0.438. The van der Waals surface area contributed by atoms with Gasteiger partial charge in [0, 0.05) is 20.1 Å². The van der Waals surface area contributed by atoms with Crippen molar-refractivity contribution in [3.05, 3.63) is 32.7 Å². The smallest absolute Gasteiger partial charge is 0.226 e. The first kappa shape index (κ1) is 12.6. The van der Waals surface area contributed by atoms with Gasteiger partial charge in [-0.05, 0) is 18.1 Å². The van der Waals surface area contributed by atoms with Crippen molar-refractivity contribution in [1.29, 1.82) is 0 Å². The van der Waals surface area contributed by atoms with Gasteiger partial charge in [-0.3, -0.25) is 0 Å². The number of anilines is 1. The van der Waals surface area contributed by atoms with E-state index in [4.69, 9.17) is 10.3 Å². The predicted molar refractivity (Wildman–Crippen MR) is 75.8 cm³/mol. The number of nitrogens with zero attached hydrogens (tertiary/aromatic N) is 1. The molecule has 90 valence electrons.